The fourth-order valence-electron chi connectivity index (χ4n) is 2.63. The molecule has 2 aromatic heterocycles. The van der Waals surface area contributed by atoms with Gasteiger partial charge in [0, 0.05) is 30.1 Å². The summed E-state index contributed by atoms with van der Waals surface area (Å²) in [6.45, 7) is 7.47. The third kappa shape index (κ3) is 3.53. The van der Waals surface area contributed by atoms with Gasteiger partial charge in [-0.3, -0.25) is 14.2 Å². The Hall–Kier alpha value is -2.89. The zero-order chi connectivity index (χ0) is 17.1. The van der Waals surface area contributed by atoms with Crippen LogP contribution in [0, 0.1) is 13.8 Å². The fraction of sp³-hybridized carbons (Fsp3) is 0.278. The second kappa shape index (κ2) is 6.70. The lowest BCUT2D eigenvalue weighted by Gasteiger charge is -2.06. The van der Waals surface area contributed by atoms with Crippen LogP contribution >= 0.6 is 0 Å². The van der Waals surface area contributed by atoms with Crippen molar-refractivity contribution < 1.29 is 4.79 Å². The molecule has 2 heterocycles. The van der Waals surface area contributed by atoms with Crippen molar-refractivity contribution >= 4 is 11.6 Å². The molecule has 1 N–H and O–H groups in total. The smallest absolute Gasteiger partial charge is 0.256 e. The van der Waals surface area contributed by atoms with Crippen molar-refractivity contribution in [1.29, 1.82) is 0 Å². The SMILES string of the molecule is CCn1cc(Cn2cc(NC(=O)c3ccc(C)cc3C)cn2)cn1. The molecule has 0 aliphatic carbocycles. The van der Waals surface area contributed by atoms with E-state index < -0.39 is 0 Å². The number of nitrogens with one attached hydrogen (secondary N) is 1. The Kier molecular flexibility index (Phi) is 4.46. The summed E-state index contributed by atoms with van der Waals surface area (Å²) in [7, 11) is 0. The van der Waals surface area contributed by atoms with Crippen molar-refractivity contribution in [3.8, 4) is 0 Å². The molecule has 0 aliphatic heterocycles. The van der Waals surface area contributed by atoms with Crippen LogP contribution in [0.15, 0.2) is 43.0 Å². The number of carbonyl (C=O) groups is 1. The highest BCUT2D eigenvalue weighted by Crippen LogP contribution is 2.14. The summed E-state index contributed by atoms with van der Waals surface area (Å²) < 4.78 is 3.66. The molecular weight excluding hydrogens is 302 g/mol. The number of anilines is 1. The summed E-state index contributed by atoms with van der Waals surface area (Å²) in [5.41, 5.74) is 4.55. The number of amides is 1. The van der Waals surface area contributed by atoms with Gasteiger partial charge < -0.3 is 5.32 Å². The quantitative estimate of drug-likeness (QED) is 0.785. The van der Waals surface area contributed by atoms with E-state index in [2.05, 4.69) is 15.5 Å². The summed E-state index contributed by atoms with van der Waals surface area (Å²) in [4.78, 5) is 12.4. The highest BCUT2D eigenvalue weighted by atomic mass is 16.1. The zero-order valence-electron chi connectivity index (χ0n) is 14.2. The lowest BCUT2D eigenvalue weighted by molar-refractivity contribution is 0.102. The minimum absolute atomic E-state index is 0.120. The standard InChI is InChI=1S/C18H21N5O/c1-4-22-10-15(8-19-22)11-23-12-16(9-20-23)21-18(24)17-6-5-13(2)7-14(17)3/h5-10,12H,4,11H2,1-3H3,(H,21,24). The van der Waals surface area contributed by atoms with Gasteiger partial charge in [-0.25, -0.2) is 0 Å². The lowest BCUT2D eigenvalue weighted by Crippen LogP contribution is -2.13. The molecule has 24 heavy (non-hydrogen) atoms. The van der Waals surface area contributed by atoms with Gasteiger partial charge in [0.1, 0.15) is 0 Å². The Morgan fingerprint density at radius 1 is 1.12 bits per heavy atom. The summed E-state index contributed by atoms with van der Waals surface area (Å²) in [6, 6.07) is 5.80. The maximum Gasteiger partial charge on any atom is 0.256 e. The predicted molar refractivity (Wildman–Crippen MR) is 93.1 cm³/mol. The first kappa shape index (κ1) is 16.0. The molecular formula is C18H21N5O. The molecule has 0 atom stereocenters. The van der Waals surface area contributed by atoms with E-state index in [1.807, 2.05) is 62.2 Å². The summed E-state index contributed by atoms with van der Waals surface area (Å²) in [5, 5.41) is 11.4. The second-order valence-corrected chi connectivity index (χ2v) is 5.90. The number of benzene rings is 1. The molecule has 124 valence electrons. The van der Waals surface area contributed by atoms with Gasteiger partial charge in [-0.2, -0.15) is 10.2 Å². The average molecular weight is 323 g/mol. The molecule has 0 saturated carbocycles. The largest absolute Gasteiger partial charge is 0.319 e. The monoisotopic (exact) mass is 323 g/mol. The molecule has 0 radical (unpaired) electrons. The average Bonchev–Trinajstić information content (AvgIpc) is 3.17. The van der Waals surface area contributed by atoms with Gasteiger partial charge in [0.2, 0.25) is 0 Å². The van der Waals surface area contributed by atoms with Crippen LogP contribution in [0.4, 0.5) is 5.69 Å². The Balaban J connectivity index is 1.68. The van der Waals surface area contributed by atoms with E-state index in [9.17, 15) is 4.79 Å². The minimum atomic E-state index is -0.120. The van der Waals surface area contributed by atoms with Crippen molar-refractivity contribution in [1.82, 2.24) is 19.6 Å². The van der Waals surface area contributed by atoms with Gasteiger partial charge in [0.25, 0.3) is 5.91 Å². The van der Waals surface area contributed by atoms with Crippen LogP contribution in [0.25, 0.3) is 0 Å². The van der Waals surface area contributed by atoms with Gasteiger partial charge in [-0.15, -0.1) is 0 Å². The van der Waals surface area contributed by atoms with Crippen LogP contribution < -0.4 is 5.32 Å². The van der Waals surface area contributed by atoms with Gasteiger partial charge in [-0.05, 0) is 32.4 Å². The van der Waals surface area contributed by atoms with Crippen LogP contribution in [-0.2, 0) is 13.1 Å². The molecule has 1 amide bonds. The number of rotatable bonds is 5. The van der Waals surface area contributed by atoms with Crippen molar-refractivity contribution in [2.45, 2.75) is 33.9 Å². The molecule has 3 rings (SSSR count). The summed E-state index contributed by atoms with van der Waals surface area (Å²) in [5.74, 6) is -0.120. The normalized spacial score (nSPS) is 10.8. The molecule has 6 nitrogen and oxygen atoms in total. The second-order valence-electron chi connectivity index (χ2n) is 5.90. The number of hydrogen-bond acceptors (Lipinski definition) is 3. The first-order valence-corrected chi connectivity index (χ1v) is 7.97. The molecule has 3 aromatic rings. The Labute approximate surface area is 141 Å². The fourth-order valence-corrected chi connectivity index (χ4v) is 2.63. The van der Waals surface area contributed by atoms with Crippen LogP contribution in [-0.4, -0.2) is 25.5 Å². The molecule has 6 heteroatoms. The van der Waals surface area contributed by atoms with Crippen molar-refractivity contribution in [2.75, 3.05) is 5.32 Å². The molecule has 0 bridgehead atoms. The van der Waals surface area contributed by atoms with E-state index in [1.54, 1.807) is 10.9 Å². The molecule has 0 spiro atoms. The summed E-state index contributed by atoms with van der Waals surface area (Å²) in [6.07, 6.45) is 7.31. The molecule has 0 fully saturated rings. The van der Waals surface area contributed by atoms with Crippen LogP contribution in [0.1, 0.15) is 34.0 Å². The van der Waals surface area contributed by atoms with Crippen LogP contribution in [0.2, 0.25) is 0 Å². The molecule has 0 aliphatic rings. The van der Waals surface area contributed by atoms with E-state index in [1.165, 1.54) is 0 Å². The maximum absolute atomic E-state index is 12.4. The van der Waals surface area contributed by atoms with E-state index in [0.717, 1.165) is 23.2 Å². The number of aryl methyl sites for hydroxylation is 3. The Morgan fingerprint density at radius 3 is 2.62 bits per heavy atom. The number of aromatic nitrogens is 4. The predicted octanol–water partition coefficient (Wildman–Crippen LogP) is 3.02. The van der Waals surface area contributed by atoms with Gasteiger partial charge in [0.05, 0.1) is 24.6 Å². The number of carbonyl (C=O) groups excluding carboxylic acids is 1. The lowest BCUT2D eigenvalue weighted by atomic mass is 10.1. The van der Waals surface area contributed by atoms with Crippen LogP contribution in [0.5, 0.6) is 0 Å². The van der Waals surface area contributed by atoms with Crippen molar-refractivity contribution in [3.05, 3.63) is 65.2 Å². The number of hydrogen-bond donors (Lipinski definition) is 1. The van der Waals surface area contributed by atoms with Gasteiger partial charge in [-0.1, -0.05) is 17.7 Å². The van der Waals surface area contributed by atoms with E-state index in [0.29, 0.717) is 17.8 Å². The van der Waals surface area contributed by atoms with Gasteiger partial charge >= 0.3 is 0 Å². The highest BCUT2D eigenvalue weighted by Gasteiger charge is 2.10. The summed E-state index contributed by atoms with van der Waals surface area (Å²) >= 11 is 0. The van der Waals surface area contributed by atoms with E-state index >= 15 is 0 Å². The number of nitrogens with zero attached hydrogens (tertiary/aromatic N) is 4. The van der Waals surface area contributed by atoms with Crippen molar-refractivity contribution in [3.63, 3.8) is 0 Å². The van der Waals surface area contributed by atoms with Gasteiger partial charge in [0.15, 0.2) is 0 Å². The Morgan fingerprint density at radius 2 is 1.92 bits per heavy atom. The molecule has 1 aromatic carbocycles. The van der Waals surface area contributed by atoms with Crippen LogP contribution in [0.3, 0.4) is 0 Å². The topological polar surface area (TPSA) is 64.7 Å². The highest BCUT2D eigenvalue weighted by molar-refractivity contribution is 6.05. The maximum atomic E-state index is 12.4. The van der Waals surface area contributed by atoms with Crippen molar-refractivity contribution in [2.24, 2.45) is 0 Å². The van der Waals surface area contributed by atoms with E-state index in [-0.39, 0.29) is 5.91 Å². The third-order valence-electron chi connectivity index (χ3n) is 3.87. The third-order valence-corrected chi connectivity index (χ3v) is 3.87. The Bertz CT molecular complexity index is 862. The molecule has 0 saturated heterocycles. The first-order chi connectivity index (χ1) is 11.5. The van der Waals surface area contributed by atoms with E-state index in [4.69, 9.17) is 0 Å². The zero-order valence-corrected chi connectivity index (χ0v) is 14.2. The molecule has 0 unspecified atom stereocenters. The first-order valence-electron chi connectivity index (χ1n) is 7.97. The minimum Gasteiger partial charge on any atom is -0.319 e.